The zero-order valence-electron chi connectivity index (χ0n) is 16.0. The molecule has 0 saturated carbocycles. The largest absolute Gasteiger partial charge is 0.328 e. The van der Waals surface area contributed by atoms with Crippen LogP contribution in [-0.4, -0.2) is 20.5 Å². The number of Topliss-reactive ketones (excluding diaryl/α,β-unsaturated/α-hetero) is 1. The van der Waals surface area contributed by atoms with Crippen LogP contribution in [0.2, 0.25) is 0 Å². The van der Waals surface area contributed by atoms with Crippen molar-refractivity contribution in [2.45, 2.75) is 31.7 Å². The monoisotopic (exact) mass is 410 g/mol. The number of carbonyl (C=O) groups is 1. The molecule has 2 aliphatic rings. The van der Waals surface area contributed by atoms with E-state index >= 15 is 0 Å². The van der Waals surface area contributed by atoms with Crippen molar-refractivity contribution in [3.05, 3.63) is 88.1 Å². The smallest absolute Gasteiger partial charge is 0.226 e. The summed E-state index contributed by atoms with van der Waals surface area (Å²) >= 11 is 0. The Morgan fingerprint density at radius 3 is 2.37 bits per heavy atom. The summed E-state index contributed by atoms with van der Waals surface area (Å²) in [5, 5.41) is 7.53. The van der Waals surface area contributed by atoms with E-state index in [-0.39, 0.29) is 23.9 Å². The minimum atomic E-state index is -0.774. The lowest BCUT2D eigenvalue weighted by molar-refractivity contribution is -0.116. The number of hydrogen-bond acceptors (Lipinski definition) is 4. The normalized spacial score (nSPS) is 20.6. The van der Waals surface area contributed by atoms with Crippen molar-refractivity contribution < 1.29 is 18.0 Å². The maximum absolute atomic E-state index is 14.0. The molecule has 0 amide bonds. The second kappa shape index (κ2) is 6.83. The maximum atomic E-state index is 14.0. The van der Waals surface area contributed by atoms with Gasteiger partial charge in [-0.05, 0) is 54.7 Å². The quantitative estimate of drug-likeness (QED) is 0.680. The minimum Gasteiger partial charge on any atom is -0.328 e. The average molecular weight is 410 g/mol. The van der Waals surface area contributed by atoms with Crippen molar-refractivity contribution >= 4 is 11.7 Å². The highest BCUT2D eigenvalue weighted by Gasteiger charge is 2.39. The lowest BCUT2D eigenvalue weighted by Crippen LogP contribution is -2.33. The number of aromatic nitrogens is 3. The second-order valence-electron chi connectivity index (χ2n) is 7.63. The van der Waals surface area contributed by atoms with Crippen LogP contribution >= 0.6 is 0 Å². The first-order valence-electron chi connectivity index (χ1n) is 9.57. The van der Waals surface area contributed by atoms with E-state index in [9.17, 15) is 18.0 Å². The van der Waals surface area contributed by atoms with Crippen molar-refractivity contribution in [1.82, 2.24) is 14.8 Å². The molecule has 2 unspecified atom stereocenters. The third kappa shape index (κ3) is 3.08. The van der Waals surface area contributed by atoms with Crippen LogP contribution in [0.3, 0.4) is 0 Å². The second-order valence-corrected chi connectivity index (χ2v) is 7.63. The summed E-state index contributed by atoms with van der Waals surface area (Å²) in [6.07, 6.45) is 0.705. The number of benzene rings is 2. The molecule has 0 bridgehead atoms. The number of nitrogens with zero attached hydrogens (tertiary/aromatic N) is 3. The van der Waals surface area contributed by atoms with Gasteiger partial charge in [-0.15, -0.1) is 0 Å². The number of aryl methyl sites for hydroxylation is 1. The van der Waals surface area contributed by atoms with Crippen LogP contribution in [0.15, 0.2) is 53.7 Å². The molecule has 0 radical (unpaired) electrons. The Bertz CT molecular complexity index is 1180. The van der Waals surface area contributed by atoms with Gasteiger partial charge in [0.25, 0.3) is 0 Å². The molecule has 1 N–H and O–H groups in total. The molecule has 3 aromatic rings. The van der Waals surface area contributed by atoms with Gasteiger partial charge >= 0.3 is 0 Å². The number of carbonyl (C=O) groups excluding carboxylic acids is 1. The topological polar surface area (TPSA) is 59.8 Å². The summed E-state index contributed by atoms with van der Waals surface area (Å²) in [6.45, 7) is 1.71. The lowest BCUT2D eigenvalue weighted by atomic mass is 9.78. The van der Waals surface area contributed by atoms with E-state index in [4.69, 9.17) is 0 Å². The third-order valence-electron chi connectivity index (χ3n) is 5.57. The highest BCUT2D eigenvalue weighted by Crippen LogP contribution is 2.44. The summed E-state index contributed by atoms with van der Waals surface area (Å²) in [6, 6.07) is 8.53. The first-order valence-corrected chi connectivity index (χ1v) is 9.57. The van der Waals surface area contributed by atoms with Crippen LogP contribution in [0.5, 0.6) is 0 Å². The summed E-state index contributed by atoms with van der Waals surface area (Å²) in [5.41, 5.74) is 2.22. The summed E-state index contributed by atoms with van der Waals surface area (Å²) < 4.78 is 42.7. The van der Waals surface area contributed by atoms with E-state index in [1.165, 1.54) is 28.9 Å². The Morgan fingerprint density at radius 1 is 0.967 bits per heavy atom. The molecule has 2 atom stereocenters. The van der Waals surface area contributed by atoms with Gasteiger partial charge in [0.1, 0.15) is 29.3 Å². The van der Waals surface area contributed by atoms with E-state index in [0.29, 0.717) is 35.0 Å². The van der Waals surface area contributed by atoms with Crippen LogP contribution in [0, 0.1) is 24.4 Å². The van der Waals surface area contributed by atoms with E-state index in [1.54, 1.807) is 19.1 Å². The molecule has 1 aromatic heterocycles. The van der Waals surface area contributed by atoms with Crippen molar-refractivity contribution in [2.24, 2.45) is 0 Å². The number of ketones is 1. The van der Waals surface area contributed by atoms with Crippen molar-refractivity contribution in [2.75, 3.05) is 5.32 Å². The maximum Gasteiger partial charge on any atom is 0.226 e. The molecule has 2 heterocycles. The van der Waals surface area contributed by atoms with Crippen LogP contribution in [0.25, 0.3) is 0 Å². The molecule has 5 rings (SSSR count). The Morgan fingerprint density at radius 2 is 1.67 bits per heavy atom. The van der Waals surface area contributed by atoms with Crippen LogP contribution in [0.1, 0.15) is 41.8 Å². The standard InChI is InChI=1S/C22H17F3N4O/c1-11-26-22-27-18-8-13(12-2-4-15(23)5-3-12)9-19(30)20(18)21(29(22)28-11)14-6-16(24)10-17(25)7-14/h2-7,10,13,21H,8-9H2,1H3,(H,26,27,28). The molecule has 1 aliphatic heterocycles. The fourth-order valence-corrected chi connectivity index (χ4v) is 4.33. The Kier molecular flexibility index (Phi) is 4.23. The zero-order valence-corrected chi connectivity index (χ0v) is 16.0. The molecule has 5 nitrogen and oxygen atoms in total. The fraction of sp³-hybridized carbons (Fsp3) is 0.227. The van der Waals surface area contributed by atoms with Crippen LogP contribution < -0.4 is 5.32 Å². The van der Waals surface area contributed by atoms with Gasteiger partial charge in [-0.3, -0.25) is 4.79 Å². The Labute approximate surface area is 170 Å². The molecular weight excluding hydrogens is 393 g/mol. The van der Waals surface area contributed by atoms with Gasteiger partial charge in [-0.2, -0.15) is 10.1 Å². The van der Waals surface area contributed by atoms with Crippen LogP contribution in [0.4, 0.5) is 19.1 Å². The SMILES string of the molecule is Cc1nc2n(n1)C(c1cc(F)cc(F)c1)C1=C(CC(c3ccc(F)cc3)CC1=O)N2. The molecule has 2 aromatic carbocycles. The van der Waals surface area contributed by atoms with Gasteiger partial charge in [-0.1, -0.05) is 12.1 Å². The van der Waals surface area contributed by atoms with E-state index in [1.807, 2.05) is 0 Å². The van der Waals surface area contributed by atoms with E-state index < -0.39 is 17.7 Å². The fourth-order valence-electron chi connectivity index (χ4n) is 4.33. The molecule has 0 fully saturated rings. The first-order chi connectivity index (χ1) is 14.4. The molecule has 1 aliphatic carbocycles. The number of allylic oxidation sites excluding steroid dienone is 2. The van der Waals surface area contributed by atoms with Crippen LogP contribution in [-0.2, 0) is 4.79 Å². The summed E-state index contributed by atoms with van der Waals surface area (Å²) in [5.74, 6) is -1.19. The highest BCUT2D eigenvalue weighted by atomic mass is 19.1. The molecule has 0 spiro atoms. The van der Waals surface area contributed by atoms with Gasteiger partial charge in [0.15, 0.2) is 5.78 Å². The van der Waals surface area contributed by atoms with E-state index in [2.05, 4.69) is 15.4 Å². The predicted molar refractivity (Wildman–Crippen MR) is 103 cm³/mol. The molecule has 152 valence electrons. The van der Waals surface area contributed by atoms with Gasteiger partial charge < -0.3 is 5.32 Å². The number of fused-ring (bicyclic) bond motifs is 1. The molecular formula is C22H17F3N4O. The predicted octanol–water partition coefficient (Wildman–Crippen LogP) is 4.42. The van der Waals surface area contributed by atoms with E-state index in [0.717, 1.165) is 11.6 Å². The zero-order chi connectivity index (χ0) is 21.0. The number of halogens is 3. The number of anilines is 1. The third-order valence-corrected chi connectivity index (χ3v) is 5.57. The van der Waals surface area contributed by atoms with Crippen molar-refractivity contribution in [3.8, 4) is 0 Å². The average Bonchev–Trinajstić information content (AvgIpc) is 3.05. The number of nitrogens with one attached hydrogen (secondary N) is 1. The highest BCUT2D eigenvalue weighted by molar-refractivity contribution is 6.00. The van der Waals surface area contributed by atoms with Gasteiger partial charge in [0, 0.05) is 23.8 Å². The summed E-state index contributed by atoms with van der Waals surface area (Å²) in [4.78, 5) is 17.6. The van der Waals surface area contributed by atoms with Gasteiger partial charge in [-0.25, -0.2) is 17.9 Å². The summed E-state index contributed by atoms with van der Waals surface area (Å²) in [7, 11) is 0. The number of hydrogen-bond donors (Lipinski definition) is 1. The molecule has 8 heteroatoms. The van der Waals surface area contributed by atoms with Crippen molar-refractivity contribution in [1.29, 1.82) is 0 Å². The Balaban J connectivity index is 1.62. The number of rotatable bonds is 2. The van der Waals surface area contributed by atoms with Gasteiger partial charge in [0.05, 0.1) is 0 Å². The van der Waals surface area contributed by atoms with Gasteiger partial charge in [0.2, 0.25) is 5.95 Å². The minimum absolute atomic E-state index is 0.134. The molecule has 30 heavy (non-hydrogen) atoms. The molecule has 0 saturated heterocycles. The first kappa shape index (κ1) is 18.6. The van der Waals surface area contributed by atoms with Crippen molar-refractivity contribution in [3.63, 3.8) is 0 Å². The Hall–Kier alpha value is -3.42. The lowest BCUT2D eigenvalue weighted by Gasteiger charge is -2.35.